The van der Waals surface area contributed by atoms with Gasteiger partial charge in [0.05, 0.1) is 4.90 Å². The van der Waals surface area contributed by atoms with Crippen molar-refractivity contribution in [3.05, 3.63) is 49.3 Å². The van der Waals surface area contributed by atoms with Gasteiger partial charge in [0.15, 0.2) is 0 Å². The first-order valence-electron chi connectivity index (χ1n) is 8.29. The van der Waals surface area contributed by atoms with E-state index in [1.54, 1.807) is 34.9 Å². The second-order valence-electron chi connectivity index (χ2n) is 6.20. The fraction of sp³-hybridized carbons (Fsp3) is 0.294. The van der Waals surface area contributed by atoms with Crippen molar-refractivity contribution in [2.24, 2.45) is 0 Å². The molecule has 3 heterocycles. The van der Waals surface area contributed by atoms with Gasteiger partial charge in [-0.05, 0) is 19.1 Å². The quantitative estimate of drug-likeness (QED) is 0.686. The third-order valence-corrected chi connectivity index (χ3v) is 6.63. The minimum Gasteiger partial charge on any atom is -0.338 e. The van der Waals surface area contributed by atoms with Crippen molar-refractivity contribution in [2.45, 2.75) is 17.9 Å². The van der Waals surface area contributed by atoms with Crippen LogP contribution in [0.4, 0.5) is 5.95 Å². The van der Waals surface area contributed by atoms with Crippen molar-refractivity contribution in [3.8, 4) is 0 Å². The Balaban J connectivity index is 1.65. The molecule has 1 aliphatic rings. The summed E-state index contributed by atoms with van der Waals surface area (Å²) >= 11 is 0. The fourth-order valence-electron chi connectivity index (χ4n) is 3.32. The summed E-state index contributed by atoms with van der Waals surface area (Å²) in [5.74, 6) is 0.570. The molecule has 1 saturated heterocycles. The molecule has 4 rings (SSSR count). The number of pyridine rings is 1. The van der Waals surface area contributed by atoms with Gasteiger partial charge in [0.25, 0.3) is 0 Å². The Morgan fingerprint density at radius 3 is 2.65 bits per heavy atom. The van der Waals surface area contributed by atoms with Crippen LogP contribution in [0, 0.1) is 0 Å². The highest BCUT2D eigenvalue weighted by molar-refractivity contribution is 7.89. The van der Waals surface area contributed by atoms with Crippen LogP contribution in [-0.2, 0) is 10.0 Å². The molecule has 134 valence electrons. The smallest absolute Gasteiger partial charge is 0.244 e. The van der Waals surface area contributed by atoms with Gasteiger partial charge in [-0.25, -0.2) is 23.4 Å². The molecule has 0 radical (unpaired) electrons. The molecule has 1 aliphatic heterocycles. The molecule has 1 atom stereocenters. The highest BCUT2D eigenvalue weighted by Crippen LogP contribution is 2.28. The summed E-state index contributed by atoms with van der Waals surface area (Å²) in [4.78, 5) is 18.5. The van der Waals surface area contributed by atoms with Crippen LogP contribution in [0.3, 0.4) is 0 Å². The molecule has 1 fully saturated rings. The van der Waals surface area contributed by atoms with Crippen LogP contribution >= 0.6 is 0 Å². The molecule has 0 N–H and O–H groups in total. The third kappa shape index (κ3) is 2.89. The van der Waals surface area contributed by atoms with Gasteiger partial charge in [-0.3, -0.25) is 4.98 Å². The Morgan fingerprint density at radius 1 is 1.08 bits per heavy atom. The summed E-state index contributed by atoms with van der Waals surface area (Å²) in [6.45, 7) is 3.32. The topological polar surface area (TPSA) is 92.2 Å². The Kier molecular flexibility index (Phi) is 4.25. The van der Waals surface area contributed by atoms with E-state index in [2.05, 4.69) is 19.9 Å². The van der Waals surface area contributed by atoms with Gasteiger partial charge in [-0.1, -0.05) is 12.1 Å². The zero-order chi connectivity index (χ0) is 18.1. The lowest BCUT2D eigenvalue weighted by Crippen LogP contribution is -2.54. The number of hydrogen-bond acceptors (Lipinski definition) is 7. The number of hydrogen-bond donors (Lipinski definition) is 0. The molecule has 0 amide bonds. The highest BCUT2D eigenvalue weighted by Gasteiger charge is 2.35. The van der Waals surface area contributed by atoms with Crippen LogP contribution in [0.15, 0.2) is 54.2 Å². The lowest BCUT2D eigenvalue weighted by Gasteiger charge is -2.38. The molecule has 3 aromatic rings. The molecular weight excluding hydrogens is 352 g/mol. The van der Waals surface area contributed by atoms with Crippen molar-refractivity contribution >= 4 is 26.7 Å². The molecule has 0 saturated carbocycles. The molecule has 2 aromatic heterocycles. The summed E-state index contributed by atoms with van der Waals surface area (Å²) in [5, 5.41) is 1.50. The van der Waals surface area contributed by atoms with Gasteiger partial charge in [-0.15, -0.1) is 0 Å². The van der Waals surface area contributed by atoms with Crippen LogP contribution in [0.25, 0.3) is 10.8 Å². The first-order chi connectivity index (χ1) is 12.6. The minimum absolute atomic E-state index is 0.206. The number of rotatable bonds is 3. The fourth-order valence-corrected chi connectivity index (χ4v) is 5.15. The maximum atomic E-state index is 13.3. The SMILES string of the molecule is C[C@H]1CN(c2ncncn2)CCN1S(=O)(=O)c1cccc2cnccc12. The number of nitrogens with zero attached hydrogens (tertiary/aromatic N) is 6. The van der Waals surface area contributed by atoms with Crippen LogP contribution in [0.2, 0.25) is 0 Å². The Morgan fingerprint density at radius 2 is 1.88 bits per heavy atom. The Hall–Kier alpha value is -2.65. The lowest BCUT2D eigenvalue weighted by atomic mass is 10.2. The number of aromatic nitrogens is 4. The maximum Gasteiger partial charge on any atom is 0.244 e. The molecule has 9 heteroatoms. The van der Waals surface area contributed by atoms with Crippen molar-refractivity contribution < 1.29 is 8.42 Å². The summed E-state index contributed by atoms with van der Waals surface area (Å²) in [6, 6.07) is 6.81. The summed E-state index contributed by atoms with van der Waals surface area (Å²) in [5.41, 5.74) is 0. The summed E-state index contributed by atoms with van der Waals surface area (Å²) in [7, 11) is -3.62. The Bertz CT molecular complexity index is 1020. The summed E-state index contributed by atoms with van der Waals surface area (Å²) in [6.07, 6.45) is 6.18. The predicted molar refractivity (Wildman–Crippen MR) is 97.1 cm³/mol. The normalized spacial score (nSPS) is 19.0. The van der Waals surface area contributed by atoms with Crippen molar-refractivity contribution in [1.82, 2.24) is 24.2 Å². The van der Waals surface area contributed by atoms with Gasteiger partial charge in [0.2, 0.25) is 16.0 Å². The van der Waals surface area contributed by atoms with Gasteiger partial charge < -0.3 is 4.90 Å². The Labute approximate surface area is 151 Å². The molecule has 0 bridgehead atoms. The van der Waals surface area contributed by atoms with Crippen LogP contribution in [0.5, 0.6) is 0 Å². The van der Waals surface area contributed by atoms with E-state index >= 15 is 0 Å². The second-order valence-corrected chi connectivity index (χ2v) is 8.06. The zero-order valence-electron chi connectivity index (χ0n) is 14.2. The largest absolute Gasteiger partial charge is 0.338 e. The molecule has 0 spiro atoms. The van der Waals surface area contributed by atoms with Crippen LogP contribution < -0.4 is 4.90 Å². The summed E-state index contributed by atoms with van der Waals surface area (Å²) < 4.78 is 28.2. The van der Waals surface area contributed by atoms with Crippen LogP contribution in [0.1, 0.15) is 6.92 Å². The van der Waals surface area contributed by atoms with Gasteiger partial charge in [-0.2, -0.15) is 4.31 Å². The first kappa shape index (κ1) is 16.8. The van der Waals surface area contributed by atoms with Crippen molar-refractivity contribution in [3.63, 3.8) is 0 Å². The predicted octanol–water partition coefficient (Wildman–Crippen LogP) is 1.32. The van der Waals surface area contributed by atoms with E-state index in [4.69, 9.17) is 0 Å². The van der Waals surface area contributed by atoms with Gasteiger partial charge >= 0.3 is 0 Å². The maximum absolute atomic E-state index is 13.3. The average molecular weight is 370 g/mol. The van der Waals surface area contributed by atoms with Gasteiger partial charge in [0.1, 0.15) is 12.7 Å². The van der Waals surface area contributed by atoms with E-state index < -0.39 is 10.0 Å². The second kappa shape index (κ2) is 6.58. The standard InChI is InChI=1S/C17H18N6O2S/c1-13-10-22(17-20-11-19-12-21-17)7-8-23(13)26(24,25)16-4-2-3-14-9-18-6-5-15(14)16/h2-6,9,11-13H,7-8,10H2,1H3/t13-/m0/s1. The van der Waals surface area contributed by atoms with Crippen LogP contribution in [-0.4, -0.2) is 58.3 Å². The molecule has 0 unspecified atom stereocenters. The van der Waals surface area contributed by atoms with E-state index in [0.717, 1.165) is 5.39 Å². The highest BCUT2D eigenvalue weighted by atomic mass is 32.2. The molecule has 8 nitrogen and oxygen atoms in total. The number of benzene rings is 1. The molecular formula is C17H18N6O2S. The number of fused-ring (bicyclic) bond motifs is 1. The number of anilines is 1. The van der Waals surface area contributed by atoms with E-state index in [1.807, 2.05) is 17.9 Å². The van der Waals surface area contributed by atoms with E-state index in [9.17, 15) is 8.42 Å². The van der Waals surface area contributed by atoms with E-state index in [1.165, 1.54) is 12.7 Å². The lowest BCUT2D eigenvalue weighted by molar-refractivity contribution is 0.305. The molecule has 1 aromatic carbocycles. The average Bonchev–Trinajstić information content (AvgIpc) is 2.68. The molecule has 0 aliphatic carbocycles. The minimum atomic E-state index is -3.62. The van der Waals surface area contributed by atoms with Crippen molar-refractivity contribution in [2.75, 3.05) is 24.5 Å². The monoisotopic (exact) mass is 370 g/mol. The molecule has 26 heavy (non-hydrogen) atoms. The zero-order valence-corrected chi connectivity index (χ0v) is 15.0. The number of piperazine rings is 1. The third-order valence-electron chi connectivity index (χ3n) is 4.56. The number of sulfonamides is 1. The first-order valence-corrected chi connectivity index (χ1v) is 9.73. The van der Waals surface area contributed by atoms with E-state index in [-0.39, 0.29) is 6.04 Å². The van der Waals surface area contributed by atoms with E-state index in [0.29, 0.717) is 35.9 Å². The van der Waals surface area contributed by atoms with Crippen molar-refractivity contribution in [1.29, 1.82) is 0 Å². The van der Waals surface area contributed by atoms with Gasteiger partial charge in [0, 0.05) is 48.8 Å².